The zero-order valence-electron chi connectivity index (χ0n) is 11.0. The van der Waals surface area contributed by atoms with Crippen molar-refractivity contribution < 1.29 is 9.50 Å². The third-order valence-electron chi connectivity index (χ3n) is 2.48. The Hall–Kier alpha value is -0.490. The number of hydrogen-bond donors (Lipinski definition) is 2. The van der Waals surface area contributed by atoms with Gasteiger partial charge in [-0.25, -0.2) is 4.39 Å². The summed E-state index contributed by atoms with van der Waals surface area (Å²) >= 11 is 3.15. The van der Waals surface area contributed by atoms with Gasteiger partial charge >= 0.3 is 0 Å². The van der Waals surface area contributed by atoms with Crippen LogP contribution in [0.25, 0.3) is 0 Å². The summed E-state index contributed by atoms with van der Waals surface area (Å²) in [5.41, 5.74) is 0.199. The highest BCUT2D eigenvalue weighted by molar-refractivity contribution is 9.10. The third kappa shape index (κ3) is 5.44. The predicted molar refractivity (Wildman–Crippen MR) is 75.0 cm³/mol. The van der Waals surface area contributed by atoms with Gasteiger partial charge in [0, 0.05) is 19.6 Å². The van der Waals surface area contributed by atoms with Gasteiger partial charge in [0.1, 0.15) is 5.82 Å². The molecule has 102 valence electrons. The van der Waals surface area contributed by atoms with Crippen LogP contribution in [-0.4, -0.2) is 42.8 Å². The molecule has 0 aliphatic carbocycles. The molecule has 3 nitrogen and oxygen atoms in total. The normalized spacial score (nSPS) is 14.8. The van der Waals surface area contributed by atoms with Crippen molar-refractivity contribution in [2.45, 2.75) is 19.1 Å². The predicted octanol–water partition coefficient (Wildman–Crippen LogP) is 1.99. The Morgan fingerprint density at radius 2 is 2.11 bits per heavy atom. The SMILES string of the molecule is CN(C)CC(C)(O)CNCc1ccc(F)c(Br)c1. The molecule has 0 heterocycles. The molecule has 0 saturated heterocycles. The molecule has 18 heavy (non-hydrogen) atoms. The summed E-state index contributed by atoms with van der Waals surface area (Å²) in [4.78, 5) is 1.94. The van der Waals surface area contributed by atoms with Gasteiger partial charge in [-0.15, -0.1) is 0 Å². The van der Waals surface area contributed by atoms with E-state index in [0.717, 1.165) is 5.56 Å². The van der Waals surface area contributed by atoms with E-state index in [1.54, 1.807) is 19.1 Å². The van der Waals surface area contributed by atoms with Crippen LogP contribution in [0.1, 0.15) is 12.5 Å². The Morgan fingerprint density at radius 3 is 2.67 bits per heavy atom. The van der Waals surface area contributed by atoms with E-state index in [0.29, 0.717) is 24.1 Å². The molecule has 0 bridgehead atoms. The van der Waals surface area contributed by atoms with Crippen LogP contribution >= 0.6 is 15.9 Å². The first-order valence-corrected chi connectivity index (χ1v) is 6.61. The summed E-state index contributed by atoms with van der Waals surface area (Å²) in [6, 6.07) is 4.90. The Labute approximate surface area is 116 Å². The summed E-state index contributed by atoms with van der Waals surface area (Å²) in [6.45, 7) is 3.47. The van der Waals surface area contributed by atoms with E-state index in [1.165, 1.54) is 6.07 Å². The second kappa shape index (κ2) is 6.61. The van der Waals surface area contributed by atoms with Crippen LogP contribution in [0.4, 0.5) is 4.39 Å². The molecule has 0 aliphatic rings. The van der Waals surface area contributed by atoms with Crippen molar-refractivity contribution in [3.63, 3.8) is 0 Å². The number of nitrogens with zero attached hydrogens (tertiary/aromatic N) is 1. The second-order valence-corrected chi connectivity index (χ2v) is 5.94. The fourth-order valence-electron chi connectivity index (χ4n) is 1.86. The maximum Gasteiger partial charge on any atom is 0.137 e. The molecule has 0 aromatic heterocycles. The van der Waals surface area contributed by atoms with Crippen molar-refractivity contribution in [2.24, 2.45) is 0 Å². The van der Waals surface area contributed by atoms with Crippen molar-refractivity contribution in [1.29, 1.82) is 0 Å². The number of aliphatic hydroxyl groups is 1. The van der Waals surface area contributed by atoms with Crippen LogP contribution in [0.15, 0.2) is 22.7 Å². The summed E-state index contributed by atoms with van der Waals surface area (Å²) in [5, 5.41) is 13.3. The highest BCUT2D eigenvalue weighted by Crippen LogP contribution is 2.16. The minimum atomic E-state index is -0.777. The lowest BCUT2D eigenvalue weighted by atomic mass is 10.1. The summed E-state index contributed by atoms with van der Waals surface area (Å²) in [5.74, 6) is -0.265. The Kier molecular flexibility index (Phi) is 5.72. The smallest absolute Gasteiger partial charge is 0.137 e. The molecular weight excluding hydrogens is 299 g/mol. The highest BCUT2D eigenvalue weighted by atomic mass is 79.9. The number of benzene rings is 1. The molecule has 0 amide bonds. The summed E-state index contributed by atoms with van der Waals surface area (Å²) in [7, 11) is 3.84. The highest BCUT2D eigenvalue weighted by Gasteiger charge is 2.20. The van der Waals surface area contributed by atoms with Crippen LogP contribution in [0, 0.1) is 5.82 Å². The van der Waals surface area contributed by atoms with E-state index in [9.17, 15) is 9.50 Å². The van der Waals surface area contributed by atoms with Crippen molar-refractivity contribution in [2.75, 3.05) is 27.2 Å². The summed E-state index contributed by atoms with van der Waals surface area (Å²) < 4.78 is 13.5. The van der Waals surface area contributed by atoms with Gasteiger partial charge in [0.2, 0.25) is 0 Å². The third-order valence-corrected chi connectivity index (χ3v) is 3.08. The number of halogens is 2. The van der Waals surface area contributed by atoms with Crippen molar-refractivity contribution in [1.82, 2.24) is 10.2 Å². The molecule has 1 aromatic carbocycles. The molecule has 1 aromatic rings. The molecule has 1 rings (SSSR count). The van der Waals surface area contributed by atoms with E-state index in [4.69, 9.17) is 0 Å². The molecule has 0 saturated carbocycles. The van der Waals surface area contributed by atoms with Gasteiger partial charge in [-0.2, -0.15) is 0 Å². The molecule has 0 fully saturated rings. The van der Waals surface area contributed by atoms with E-state index in [1.807, 2.05) is 19.0 Å². The van der Waals surface area contributed by atoms with Crippen LogP contribution in [0.3, 0.4) is 0 Å². The molecule has 2 N–H and O–H groups in total. The lowest BCUT2D eigenvalue weighted by molar-refractivity contribution is 0.0336. The molecule has 1 atom stereocenters. The zero-order chi connectivity index (χ0) is 13.8. The maximum atomic E-state index is 13.0. The van der Waals surface area contributed by atoms with Crippen molar-refractivity contribution in [3.8, 4) is 0 Å². The van der Waals surface area contributed by atoms with Crippen molar-refractivity contribution in [3.05, 3.63) is 34.1 Å². The average molecular weight is 319 g/mol. The quantitative estimate of drug-likeness (QED) is 0.842. The van der Waals surface area contributed by atoms with Gasteiger partial charge in [0.25, 0.3) is 0 Å². The first-order valence-electron chi connectivity index (χ1n) is 5.82. The van der Waals surface area contributed by atoms with Crippen LogP contribution < -0.4 is 5.32 Å². The Balaban J connectivity index is 2.43. The summed E-state index contributed by atoms with van der Waals surface area (Å²) in [6.07, 6.45) is 0. The lowest BCUT2D eigenvalue weighted by Gasteiger charge is -2.27. The fourth-order valence-corrected chi connectivity index (χ4v) is 2.29. The van der Waals surface area contributed by atoms with E-state index in [2.05, 4.69) is 21.2 Å². The topological polar surface area (TPSA) is 35.5 Å². The van der Waals surface area contributed by atoms with Crippen LogP contribution in [-0.2, 0) is 6.54 Å². The van der Waals surface area contributed by atoms with E-state index in [-0.39, 0.29) is 5.82 Å². The maximum absolute atomic E-state index is 13.0. The molecule has 5 heteroatoms. The van der Waals surface area contributed by atoms with Crippen molar-refractivity contribution >= 4 is 15.9 Å². The second-order valence-electron chi connectivity index (χ2n) is 5.09. The number of nitrogens with one attached hydrogen (secondary N) is 1. The molecule has 0 radical (unpaired) electrons. The standard InChI is InChI=1S/C13H20BrFN2O/c1-13(18,9-17(2)3)8-16-7-10-4-5-12(15)11(14)6-10/h4-6,16,18H,7-9H2,1-3H3. The van der Waals surface area contributed by atoms with Gasteiger partial charge in [-0.3, -0.25) is 0 Å². The monoisotopic (exact) mass is 318 g/mol. The number of likely N-dealkylation sites (N-methyl/N-ethyl adjacent to an activating group) is 1. The number of rotatable bonds is 6. The Bertz CT molecular complexity index is 397. The van der Waals surface area contributed by atoms with Crippen LogP contribution in [0.2, 0.25) is 0 Å². The van der Waals surface area contributed by atoms with Gasteiger partial charge in [-0.1, -0.05) is 6.07 Å². The minimum Gasteiger partial charge on any atom is -0.388 e. The van der Waals surface area contributed by atoms with E-state index >= 15 is 0 Å². The fraction of sp³-hybridized carbons (Fsp3) is 0.538. The molecule has 0 aliphatic heterocycles. The minimum absolute atomic E-state index is 0.265. The van der Waals surface area contributed by atoms with Gasteiger partial charge < -0.3 is 15.3 Å². The molecular formula is C13H20BrFN2O. The van der Waals surface area contributed by atoms with E-state index < -0.39 is 5.60 Å². The lowest BCUT2D eigenvalue weighted by Crippen LogP contribution is -2.45. The number of hydrogen-bond acceptors (Lipinski definition) is 3. The largest absolute Gasteiger partial charge is 0.388 e. The van der Waals surface area contributed by atoms with Crippen LogP contribution in [0.5, 0.6) is 0 Å². The first kappa shape index (κ1) is 15.6. The average Bonchev–Trinajstić information content (AvgIpc) is 2.21. The van der Waals surface area contributed by atoms with Gasteiger partial charge in [-0.05, 0) is 54.6 Å². The molecule has 1 unspecified atom stereocenters. The molecule has 0 spiro atoms. The van der Waals surface area contributed by atoms with Gasteiger partial charge in [0.05, 0.1) is 10.1 Å². The first-order chi connectivity index (χ1) is 8.30. The van der Waals surface area contributed by atoms with Gasteiger partial charge in [0.15, 0.2) is 0 Å². The zero-order valence-corrected chi connectivity index (χ0v) is 12.6. The Morgan fingerprint density at radius 1 is 1.44 bits per heavy atom.